The van der Waals surface area contributed by atoms with Gasteiger partial charge in [-0.15, -0.1) is 0 Å². The normalized spacial score (nSPS) is 15.1. The number of halogens is 4. The van der Waals surface area contributed by atoms with Gasteiger partial charge in [-0.05, 0) is 41.7 Å². The first-order valence-electron chi connectivity index (χ1n) is 13.1. The van der Waals surface area contributed by atoms with Crippen molar-refractivity contribution in [2.75, 3.05) is 50.8 Å². The Morgan fingerprint density at radius 1 is 1.00 bits per heavy atom. The highest BCUT2D eigenvalue weighted by Gasteiger charge is 2.34. The molecular weight excluding hydrogens is 511 g/mol. The van der Waals surface area contributed by atoms with Crippen molar-refractivity contribution >= 4 is 17.3 Å². The summed E-state index contributed by atoms with van der Waals surface area (Å²) in [5.41, 5.74) is 2.03. The number of hydrogen-bond donors (Lipinski definition) is 1. The standard InChI is InChI=1S/C30H35ClF3N3O/c1-23(24-8-3-2-4-9-24)21-36(22-25-10-5-13-28(29(25)31)30(32,33)34)16-7-19-38-27-12-6-11-26(20-27)37-17-14-35-15-18-37/h2-6,8-13,20,23,35H,7,14-19,21-22H2,1H3. The van der Waals surface area contributed by atoms with Crippen LogP contribution >= 0.6 is 11.6 Å². The topological polar surface area (TPSA) is 27.7 Å². The van der Waals surface area contributed by atoms with Crippen molar-refractivity contribution in [1.29, 1.82) is 0 Å². The molecule has 3 aromatic rings. The van der Waals surface area contributed by atoms with Crippen LogP contribution in [0.15, 0.2) is 72.8 Å². The van der Waals surface area contributed by atoms with Crippen LogP contribution in [0.2, 0.25) is 5.02 Å². The smallest absolute Gasteiger partial charge is 0.417 e. The lowest BCUT2D eigenvalue weighted by Gasteiger charge is -2.29. The number of nitrogens with one attached hydrogen (secondary N) is 1. The molecule has 1 aliphatic heterocycles. The van der Waals surface area contributed by atoms with Crippen molar-refractivity contribution in [3.05, 3.63) is 94.5 Å². The van der Waals surface area contributed by atoms with Crippen LogP contribution in [-0.4, -0.2) is 50.8 Å². The molecule has 3 aromatic carbocycles. The number of nitrogens with zero attached hydrogens (tertiary/aromatic N) is 2. The van der Waals surface area contributed by atoms with E-state index in [4.69, 9.17) is 16.3 Å². The van der Waals surface area contributed by atoms with Crippen molar-refractivity contribution in [1.82, 2.24) is 10.2 Å². The molecule has 0 aliphatic carbocycles. The fourth-order valence-electron chi connectivity index (χ4n) is 4.84. The van der Waals surface area contributed by atoms with Gasteiger partial charge in [-0.2, -0.15) is 13.2 Å². The third-order valence-corrected chi connectivity index (χ3v) is 7.31. The van der Waals surface area contributed by atoms with Gasteiger partial charge in [0.2, 0.25) is 0 Å². The Hall–Kier alpha value is -2.74. The summed E-state index contributed by atoms with van der Waals surface area (Å²) < 4.78 is 46.4. The fourth-order valence-corrected chi connectivity index (χ4v) is 5.14. The molecule has 1 atom stereocenters. The number of alkyl halides is 3. The van der Waals surface area contributed by atoms with Crippen LogP contribution in [0.3, 0.4) is 0 Å². The van der Waals surface area contributed by atoms with Gasteiger partial charge in [-0.25, -0.2) is 0 Å². The van der Waals surface area contributed by atoms with E-state index in [-0.39, 0.29) is 10.9 Å². The van der Waals surface area contributed by atoms with E-state index in [0.717, 1.165) is 50.1 Å². The molecule has 1 aliphatic rings. The van der Waals surface area contributed by atoms with Gasteiger partial charge in [0.25, 0.3) is 0 Å². The first kappa shape index (κ1) is 28.3. The van der Waals surface area contributed by atoms with Crippen molar-refractivity contribution in [3.8, 4) is 5.75 Å². The lowest BCUT2D eigenvalue weighted by Crippen LogP contribution is -2.43. The van der Waals surface area contributed by atoms with Crippen LogP contribution in [0, 0.1) is 0 Å². The first-order chi connectivity index (χ1) is 18.3. The summed E-state index contributed by atoms with van der Waals surface area (Å²) in [4.78, 5) is 4.51. The van der Waals surface area contributed by atoms with E-state index in [0.29, 0.717) is 31.8 Å². The van der Waals surface area contributed by atoms with Crippen molar-refractivity contribution in [2.45, 2.75) is 32.0 Å². The molecule has 0 bridgehead atoms. The van der Waals surface area contributed by atoms with Gasteiger partial charge < -0.3 is 15.0 Å². The molecule has 4 rings (SSSR count). The minimum absolute atomic E-state index is 0.206. The zero-order valence-electron chi connectivity index (χ0n) is 21.7. The van der Waals surface area contributed by atoms with Gasteiger partial charge in [-0.1, -0.05) is 67.1 Å². The van der Waals surface area contributed by atoms with Crippen molar-refractivity contribution in [3.63, 3.8) is 0 Å². The summed E-state index contributed by atoms with van der Waals surface area (Å²) >= 11 is 6.23. The van der Waals surface area contributed by atoms with Crippen molar-refractivity contribution in [2.24, 2.45) is 0 Å². The Labute approximate surface area is 228 Å². The summed E-state index contributed by atoms with van der Waals surface area (Å²) in [6.07, 6.45) is -3.75. The lowest BCUT2D eigenvalue weighted by atomic mass is 10.00. The quantitative estimate of drug-likeness (QED) is 0.267. The van der Waals surface area contributed by atoms with Gasteiger partial charge in [0, 0.05) is 57.6 Å². The summed E-state index contributed by atoms with van der Waals surface area (Å²) in [5.74, 6) is 1.03. The van der Waals surface area contributed by atoms with Gasteiger partial charge in [-0.3, -0.25) is 4.90 Å². The molecule has 38 heavy (non-hydrogen) atoms. The van der Waals surface area contributed by atoms with Gasteiger partial charge >= 0.3 is 6.18 Å². The van der Waals surface area contributed by atoms with Crippen LogP contribution in [0.5, 0.6) is 5.75 Å². The number of anilines is 1. The molecule has 1 unspecified atom stereocenters. The highest BCUT2D eigenvalue weighted by Crippen LogP contribution is 2.36. The Kier molecular flexibility index (Phi) is 9.94. The van der Waals surface area contributed by atoms with Crippen LogP contribution < -0.4 is 15.0 Å². The van der Waals surface area contributed by atoms with Crippen LogP contribution in [-0.2, 0) is 12.7 Å². The number of ether oxygens (including phenoxy) is 1. The molecule has 0 spiro atoms. The molecule has 1 saturated heterocycles. The molecule has 1 N–H and O–H groups in total. The largest absolute Gasteiger partial charge is 0.493 e. The fraction of sp³-hybridized carbons (Fsp3) is 0.400. The molecule has 1 heterocycles. The third kappa shape index (κ3) is 7.88. The SMILES string of the molecule is CC(CN(CCCOc1cccc(N2CCNCC2)c1)Cc1cccc(C(F)(F)F)c1Cl)c1ccccc1. The molecule has 204 valence electrons. The maximum absolute atomic E-state index is 13.4. The summed E-state index contributed by atoms with van der Waals surface area (Å²) in [7, 11) is 0. The Morgan fingerprint density at radius 3 is 2.47 bits per heavy atom. The second-order valence-corrected chi connectivity index (χ2v) is 10.1. The van der Waals surface area contributed by atoms with E-state index in [2.05, 4.69) is 46.3 Å². The molecule has 0 saturated carbocycles. The second-order valence-electron chi connectivity index (χ2n) is 9.76. The van der Waals surface area contributed by atoms with E-state index in [1.165, 1.54) is 11.6 Å². The predicted octanol–water partition coefficient (Wildman–Crippen LogP) is 6.84. The van der Waals surface area contributed by atoms with Crippen molar-refractivity contribution < 1.29 is 17.9 Å². The van der Waals surface area contributed by atoms with E-state index in [1.54, 1.807) is 6.07 Å². The monoisotopic (exact) mass is 545 g/mol. The Bertz CT molecular complexity index is 1150. The van der Waals surface area contributed by atoms with Crippen LogP contribution in [0.1, 0.15) is 36.0 Å². The number of piperazine rings is 1. The summed E-state index contributed by atoms with van der Waals surface area (Å²) in [5, 5.41) is 3.14. The molecule has 0 amide bonds. The summed E-state index contributed by atoms with van der Waals surface area (Å²) in [6.45, 7) is 8.21. The number of benzene rings is 3. The highest BCUT2D eigenvalue weighted by molar-refractivity contribution is 6.32. The average molecular weight is 546 g/mol. The first-order valence-corrected chi connectivity index (χ1v) is 13.5. The maximum atomic E-state index is 13.4. The van der Waals surface area contributed by atoms with Gasteiger partial charge in [0.1, 0.15) is 5.75 Å². The minimum Gasteiger partial charge on any atom is -0.493 e. The predicted molar refractivity (Wildman–Crippen MR) is 148 cm³/mol. The number of hydrogen-bond acceptors (Lipinski definition) is 4. The maximum Gasteiger partial charge on any atom is 0.417 e. The third-order valence-electron chi connectivity index (χ3n) is 6.87. The summed E-state index contributed by atoms with van der Waals surface area (Å²) in [6, 6.07) is 22.4. The van der Waals surface area contributed by atoms with E-state index >= 15 is 0 Å². The molecule has 0 radical (unpaired) electrons. The zero-order chi connectivity index (χ0) is 27.0. The molecular formula is C30H35ClF3N3O. The molecule has 8 heteroatoms. The van der Waals surface area contributed by atoms with Gasteiger partial charge in [0.05, 0.1) is 17.2 Å². The van der Waals surface area contributed by atoms with E-state index < -0.39 is 11.7 Å². The van der Waals surface area contributed by atoms with E-state index in [9.17, 15) is 13.2 Å². The highest BCUT2D eigenvalue weighted by atomic mass is 35.5. The number of rotatable bonds is 11. The Morgan fingerprint density at radius 2 is 1.74 bits per heavy atom. The van der Waals surface area contributed by atoms with E-state index in [1.807, 2.05) is 30.3 Å². The molecule has 4 nitrogen and oxygen atoms in total. The molecule has 1 fully saturated rings. The van der Waals surface area contributed by atoms with Crippen LogP contribution in [0.25, 0.3) is 0 Å². The molecule has 0 aromatic heterocycles. The zero-order valence-corrected chi connectivity index (χ0v) is 22.4. The second kappa shape index (κ2) is 13.4. The Balaban J connectivity index is 1.40. The van der Waals surface area contributed by atoms with Crippen LogP contribution in [0.4, 0.5) is 18.9 Å². The average Bonchev–Trinajstić information content (AvgIpc) is 2.92. The van der Waals surface area contributed by atoms with Gasteiger partial charge in [0.15, 0.2) is 0 Å². The lowest BCUT2D eigenvalue weighted by molar-refractivity contribution is -0.137. The minimum atomic E-state index is -4.48.